The van der Waals surface area contributed by atoms with E-state index in [0.29, 0.717) is 23.7 Å². The lowest BCUT2D eigenvalue weighted by molar-refractivity contribution is -0.276. The first kappa shape index (κ1) is 36.3. The molecule has 2 aliphatic rings. The summed E-state index contributed by atoms with van der Waals surface area (Å²) in [5, 5.41) is 15.5. The number of carbonyl (C=O) groups excluding carboxylic acids is 1. The van der Waals surface area contributed by atoms with Gasteiger partial charge in [-0.25, -0.2) is 9.59 Å². The van der Waals surface area contributed by atoms with Gasteiger partial charge in [0.05, 0.1) is 29.8 Å². The molecule has 282 valence electrons. The zero-order valence-electron chi connectivity index (χ0n) is 30.6. The Balaban J connectivity index is 0.946. The smallest absolute Gasteiger partial charge is 0.326 e. The maximum absolute atomic E-state index is 13.1. The minimum absolute atomic E-state index is 0.0155. The molecule has 3 heterocycles. The number of carbonyl (C=O) groups is 1. The zero-order chi connectivity index (χ0) is 37.7. The molecule has 0 spiro atoms. The number of aliphatic hydroxyl groups is 1. The molecule has 2 saturated heterocycles. The van der Waals surface area contributed by atoms with E-state index < -0.39 is 6.29 Å². The molecule has 2 aliphatic heterocycles. The second kappa shape index (κ2) is 16.3. The minimum Gasteiger partial charge on any atom is -0.457 e. The number of aromatic nitrogens is 2. The number of piperidine rings is 1. The molecule has 0 saturated carbocycles. The number of urea groups is 1. The van der Waals surface area contributed by atoms with Crippen LogP contribution in [0.2, 0.25) is 0 Å². The van der Waals surface area contributed by atoms with E-state index in [9.17, 15) is 14.7 Å². The molecule has 11 nitrogen and oxygen atoms in total. The maximum atomic E-state index is 13.1. The van der Waals surface area contributed by atoms with Gasteiger partial charge >= 0.3 is 11.7 Å². The van der Waals surface area contributed by atoms with Gasteiger partial charge in [-0.15, -0.1) is 0 Å². The van der Waals surface area contributed by atoms with Crippen molar-refractivity contribution in [2.75, 3.05) is 30.3 Å². The Bertz CT molecular complexity index is 2270. The summed E-state index contributed by atoms with van der Waals surface area (Å²) in [5.41, 5.74) is 5.60. The topological polar surface area (TPSA) is 130 Å². The first-order valence-corrected chi connectivity index (χ1v) is 18.8. The zero-order valence-corrected chi connectivity index (χ0v) is 30.6. The van der Waals surface area contributed by atoms with E-state index >= 15 is 0 Å². The summed E-state index contributed by atoms with van der Waals surface area (Å²) in [6.45, 7) is 4.51. The summed E-state index contributed by atoms with van der Waals surface area (Å²) >= 11 is 0. The second-order valence-electron chi connectivity index (χ2n) is 14.3. The Kier molecular flexibility index (Phi) is 10.8. The Morgan fingerprint density at radius 2 is 1.51 bits per heavy atom. The van der Waals surface area contributed by atoms with Gasteiger partial charge in [0.25, 0.3) is 0 Å². The number of likely N-dealkylation sites (tertiary alicyclic amines) is 1. The summed E-state index contributed by atoms with van der Waals surface area (Å²) in [7, 11) is 0. The van der Waals surface area contributed by atoms with Crippen LogP contribution in [0, 0.1) is 5.92 Å². The van der Waals surface area contributed by atoms with E-state index in [4.69, 9.17) is 14.2 Å². The van der Waals surface area contributed by atoms with Gasteiger partial charge in [0.15, 0.2) is 6.29 Å². The largest absolute Gasteiger partial charge is 0.457 e. The second-order valence-corrected chi connectivity index (χ2v) is 14.3. The van der Waals surface area contributed by atoms with E-state index in [1.54, 1.807) is 24.3 Å². The van der Waals surface area contributed by atoms with Crippen molar-refractivity contribution >= 4 is 28.4 Å². The number of ether oxygens (including phenoxy) is 3. The third kappa shape index (κ3) is 8.35. The molecule has 8 rings (SSSR count). The molecule has 11 heteroatoms. The number of fused-ring (bicyclic) bond motifs is 1. The summed E-state index contributed by atoms with van der Waals surface area (Å²) in [6.07, 6.45) is 0.593. The predicted octanol–water partition coefficient (Wildman–Crippen LogP) is 8.39. The molecule has 0 aliphatic carbocycles. The van der Waals surface area contributed by atoms with Gasteiger partial charge in [-0.2, -0.15) is 0 Å². The lowest BCUT2D eigenvalue weighted by Crippen LogP contribution is -2.47. The SMILES string of the molecule is CC1C(CN2CCC(n3c(=O)[nH]c4ccccc43)CC2)OC(c2cccc(NC(=O)Nc3ccc(Oc4ccccc4)cc3)c2)OC1c1ccc(CO)cc1. The molecule has 4 N–H and O–H groups in total. The highest BCUT2D eigenvalue weighted by Gasteiger charge is 2.40. The van der Waals surface area contributed by atoms with E-state index in [1.165, 1.54) is 0 Å². The molecule has 4 atom stereocenters. The predicted molar refractivity (Wildman–Crippen MR) is 212 cm³/mol. The number of hydrogen-bond acceptors (Lipinski definition) is 7. The molecule has 6 aromatic rings. The van der Waals surface area contributed by atoms with E-state index in [-0.39, 0.29) is 42.5 Å². The Morgan fingerprint density at radius 3 is 2.27 bits per heavy atom. The van der Waals surface area contributed by atoms with Crippen LogP contribution in [0.5, 0.6) is 11.5 Å². The van der Waals surface area contributed by atoms with Crippen LogP contribution in [-0.4, -0.2) is 51.3 Å². The summed E-state index contributed by atoms with van der Waals surface area (Å²) < 4.78 is 21.3. The number of imidazole rings is 1. The number of rotatable bonds is 10. The van der Waals surface area contributed by atoms with Crippen molar-refractivity contribution in [1.82, 2.24) is 14.5 Å². The fourth-order valence-corrected chi connectivity index (χ4v) is 7.67. The molecular formula is C44H45N5O6. The normalized spacial score (nSPS) is 20.6. The van der Waals surface area contributed by atoms with Gasteiger partial charge in [0.2, 0.25) is 0 Å². The number of aliphatic hydroxyl groups excluding tert-OH is 1. The Hall–Kier alpha value is -5.72. The van der Waals surface area contributed by atoms with Crippen molar-refractivity contribution < 1.29 is 24.1 Å². The average molecular weight is 740 g/mol. The number of H-pyrrole nitrogens is 1. The fourth-order valence-electron chi connectivity index (χ4n) is 7.67. The molecular weight excluding hydrogens is 695 g/mol. The maximum Gasteiger partial charge on any atom is 0.326 e. The van der Waals surface area contributed by atoms with Crippen LogP contribution in [0.15, 0.2) is 132 Å². The van der Waals surface area contributed by atoms with Gasteiger partial charge in [0, 0.05) is 48.5 Å². The summed E-state index contributed by atoms with van der Waals surface area (Å²) in [5.74, 6) is 1.42. The van der Waals surface area contributed by atoms with E-state index in [0.717, 1.165) is 59.4 Å². The lowest BCUT2D eigenvalue weighted by atomic mass is 9.89. The lowest BCUT2D eigenvalue weighted by Gasteiger charge is -2.44. The van der Waals surface area contributed by atoms with Crippen LogP contribution in [0.1, 0.15) is 54.9 Å². The number of hydrogen-bond donors (Lipinski definition) is 4. The third-order valence-electron chi connectivity index (χ3n) is 10.6. The summed E-state index contributed by atoms with van der Waals surface area (Å²) in [6, 6.07) is 39.7. The van der Waals surface area contributed by atoms with Crippen LogP contribution in [0.4, 0.5) is 16.2 Å². The van der Waals surface area contributed by atoms with Crippen molar-refractivity contribution in [3.05, 3.63) is 155 Å². The average Bonchev–Trinajstić information content (AvgIpc) is 3.55. The van der Waals surface area contributed by atoms with Crippen LogP contribution < -0.4 is 21.1 Å². The summed E-state index contributed by atoms with van der Waals surface area (Å²) in [4.78, 5) is 31.4. The van der Waals surface area contributed by atoms with Crippen molar-refractivity contribution in [2.45, 2.75) is 50.9 Å². The molecule has 55 heavy (non-hydrogen) atoms. The van der Waals surface area contributed by atoms with Crippen molar-refractivity contribution in [3.63, 3.8) is 0 Å². The monoisotopic (exact) mass is 739 g/mol. The van der Waals surface area contributed by atoms with Gasteiger partial charge in [-0.1, -0.05) is 73.7 Å². The standard InChI is InChI=1S/C44H45N5O6/c1-29-40(27-48-24-22-35(23-25-48)49-39-13-6-5-12-38(39)47-44(49)52)54-42(55-41(29)31-16-14-30(28-50)15-17-31)32-8-7-9-34(26-32)46-43(51)45-33-18-20-37(21-19-33)53-36-10-3-2-4-11-36/h2-21,26,29,35,40-42,50H,22-25,27-28H2,1H3,(H,47,52)(H2,45,46,51). The fraction of sp³-hybridized carbons (Fsp3) is 0.273. The van der Waals surface area contributed by atoms with Crippen LogP contribution >= 0.6 is 0 Å². The molecule has 0 radical (unpaired) electrons. The van der Waals surface area contributed by atoms with Gasteiger partial charge < -0.3 is 39.8 Å². The number of aromatic amines is 1. The van der Waals surface area contributed by atoms with Crippen molar-refractivity contribution in [1.29, 1.82) is 0 Å². The highest BCUT2D eigenvalue weighted by Crippen LogP contribution is 2.42. The van der Waals surface area contributed by atoms with Gasteiger partial charge in [-0.05, 0) is 84.6 Å². The number of nitrogens with zero attached hydrogens (tertiary/aromatic N) is 2. The van der Waals surface area contributed by atoms with E-state index in [1.807, 2.05) is 108 Å². The van der Waals surface area contributed by atoms with Gasteiger partial charge in [-0.3, -0.25) is 4.57 Å². The molecule has 4 unspecified atom stereocenters. The van der Waals surface area contributed by atoms with Gasteiger partial charge in [0.1, 0.15) is 11.5 Å². The first-order chi connectivity index (χ1) is 26.9. The molecule has 2 fully saturated rings. The van der Waals surface area contributed by atoms with E-state index in [2.05, 4.69) is 27.4 Å². The molecule has 1 aromatic heterocycles. The number of anilines is 2. The van der Waals surface area contributed by atoms with Crippen LogP contribution in [0.3, 0.4) is 0 Å². The number of amides is 2. The Morgan fingerprint density at radius 1 is 0.800 bits per heavy atom. The minimum atomic E-state index is -0.687. The molecule has 5 aromatic carbocycles. The number of para-hydroxylation sites is 3. The van der Waals surface area contributed by atoms with Crippen molar-refractivity contribution in [2.24, 2.45) is 5.92 Å². The number of nitrogens with one attached hydrogen (secondary N) is 3. The molecule has 2 amide bonds. The van der Waals surface area contributed by atoms with Crippen LogP contribution in [0.25, 0.3) is 11.0 Å². The third-order valence-corrected chi connectivity index (χ3v) is 10.6. The Labute approximate surface area is 319 Å². The highest BCUT2D eigenvalue weighted by atomic mass is 16.7. The first-order valence-electron chi connectivity index (χ1n) is 18.8. The molecule has 0 bridgehead atoms. The quantitative estimate of drug-likeness (QED) is 0.111. The highest BCUT2D eigenvalue weighted by molar-refractivity contribution is 5.99. The van der Waals surface area contributed by atoms with Crippen LogP contribution in [-0.2, 0) is 16.1 Å². The number of benzene rings is 5. The van der Waals surface area contributed by atoms with Crippen molar-refractivity contribution in [3.8, 4) is 11.5 Å².